The number of halogens is 1. The lowest BCUT2D eigenvalue weighted by Gasteiger charge is -2.18. The number of carbonyl (C=O) groups is 2. The van der Waals surface area contributed by atoms with E-state index in [9.17, 15) is 0 Å². The monoisotopic (exact) mass is 548 g/mol. The molecule has 7 heteroatoms. The van der Waals surface area contributed by atoms with Crippen LogP contribution in [0, 0.1) is 6.92 Å². The number of hydrogen-bond donors (Lipinski definition) is 0. The molecule has 0 unspecified atom stereocenters. The fraction of sp³-hybridized carbons (Fsp3) is 0.219. The second-order valence-electron chi connectivity index (χ2n) is 8.32. The van der Waals surface area contributed by atoms with Crippen molar-refractivity contribution >= 4 is 25.2 Å². The highest BCUT2D eigenvalue weighted by Gasteiger charge is 2.08. The molecule has 1 aromatic heterocycles. The minimum Gasteiger partial charge on any atom is -0.493 e. The first-order valence-corrected chi connectivity index (χ1v) is 12.6. The van der Waals surface area contributed by atoms with E-state index in [4.69, 9.17) is 30.7 Å². The van der Waals surface area contributed by atoms with Crippen molar-refractivity contribution < 1.29 is 19.1 Å². The Morgan fingerprint density at radius 3 is 2.08 bits per heavy atom. The van der Waals surface area contributed by atoms with Crippen LogP contribution in [0.4, 0.5) is 0 Å². The average Bonchev–Trinajstić information content (AvgIpc) is 3.00. The van der Waals surface area contributed by atoms with E-state index in [1.54, 1.807) is 7.11 Å². The summed E-state index contributed by atoms with van der Waals surface area (Å²) in [4.78, 5) is 22.7. The van der Waals surface area contributed by atoms with Crippen molar-refractivity contribution in [2.24, 2.45) is 0 Å². The molecular weight excluding hydrogens is 512 g/mol. The zero-order valence-electron chi connectivity index (χ0n) is 22.9. The van der Waals surface area contributed by atoms with Gasteiger partial charge in [0.05, 0.1) is 7.11 Å². The zero-order chi connectivity index (χ0) is 28.9. The molecule has 4 aromatic rings. The summed E-state index contributed by atoms with van der Waals surface area (Å²) >= 11 is 5.71. The van der Waals surface area contributed by atoms with E-state index in [2.05, 4.69) is 47.3 Å². The average molecular weight is 549 g/mol. The van der Waals surface area contributed by atoms with Crippen LogP contribution in [0.15, 0.2) is 97.2 Å². The Labute approximate surface area is 237 Å². The van der Waals surface area contributed by atoms with Gasteiger partial charge in [0.1, 0.15) is 20.2 Å². The third kappa shape index (κ3) is 12.9. The third-order valence-corrected chi connectivity index (χ3v) is 5.89. The van der Waals surface area contributed by atoms with Gasteiger partial charge in [0.2, 0.25) is 0 Å². The summed E-state index contributed by atoms with van der Waals surface area (Å²) in [6, 6.07) is 30.1. The maximum absolute atomic E-state index is 8.00. The van der Waals surface area contributed by atoms with Gasteiger partial charge in [-0.1, -0.05) is 72.3 Å². The van der Waals surface area contributed by atoms with E-state index in [0.29, 0.717) is 6.61 Å². The largest absolute Gasteiger partial charge is 0.493 e. The SMILES string of the molecule is C=O.C=O.COc1cc(CN(C)CCc2ccccn2)ccc1OCc1ccccc1.Cc1ccccc1Cl. The summed E-state index contributed by atoms with van der Waals surface area (Å²) in [7, 11) is 3.80. The van der Waals surface area contributed by atoms with Gasteiger partial charge in [0.25, 0.3) is 0 Å². The molecule has 1 heterocycles. The molecule has 0 aliphatic carbocycles. The van der Waals surface area contributed by atoms with Crippen LogP contribution >= 0.6 is 11.6 Å². The van der Waals surface area contributed by atoms with Crippen LogP contribution in [0.3, 0.4) is 0 Å². The molecule has 0 aliphatic rings. The van der Waals surface area contributed by atoms with Crippen LogP contribution in [0.2, 0.25) is 5.02 Å². The third-order valence-electron chi connectivity index (χ3n) is 5.47. The van der Waals surface area contributed by atoms with Gasteiger partial charge in [-0.2, -0.15) is 0 Å². The number of pyridine rings is 1. The second kappa shape index (κ2) is 20.0. The van der Waals surface area contributed by atoms with Crippen molar-refractivity contribution in [1.82, 2.24) is 9.88 Å². The number of methoxy groups -OCH3 is 1. The lowest BCUT2D eigenvalue weighted by atomic mass is 10.1. The molecule has 0 amide bonds. The van der Waals surface area contributed by atoms with Crippen LogP contribution in [-0.2, 0) is 29.2 Å². The minimum absolute atomic E-state index is 0.528. The van der Waals surface area contributed by atoms with Crippen LogP contribution < -0.4 is 9.47 Å². The van der Waals surface area contributed by atoms with E-state index < -0.39 is 0 Å². The molecule has 39 heavy (non-hydrogen) atoms. The first kappa shape index (κ1) is 33.0. The van der Waals surface area contributed by atoms with Crippen LogP contribution in [-0.4, -0.2) is 44.2 Å². The molecule has 0 radical (unpaired) electrons. The van der Waals surface area contributed by atoms with Crippen LogP contribution in [0.5, 0.6) is 11.5 Å². The van der Waals surface area contributed by atoms with Crippen molar-refractivity contribution in [3.05, 3.63) is 125 Å². The molecule has 4 rings (SSSR count). The van der Waals surface area contributed by atoms with Gasteiger partial charge in [0.15, 0.2) is 11.5 Å². The Morgan fingerprint density at radius 2 is 1.49 bits per heavy atom. The predicted molar refractivity (Wildman–Crippen MR) is 158 cm³/mol. The van der Waals surface area contributed by atoms with E-state index in [0.717, 1.165) is 52.9 Å². The molecule has 206 valence electrons. The Balaban J connectivity index is 0.000000532. The Bertz CT molecular complexity index is 1170. The van der Waals surface area contributed by atoms with Gasteiger partial charge >= 0.3 is 0 Å². The molecule has 0 spiro atoms. The molecular formula is C32H37ClN2O4. The predicted octanol–water partition coefficient (Wildman–Crippen LogP) is 6.62. The number of ether oxygens (including phenoxy) is 2. The number of nitrogens with zero attached hydrogens (tertiary/aromatic N) is 2. The van der Waals surface area contributed by atoms with Gasteiger partial charge in [-0.25, -0.2) is 0 Å². The van der Waals surface area contributed by atoms with E-state index >= 15 is 0 Å². The van der Waals surface area contributed by atoms with Gasteiger partial charge in [0, 0.05) is 36.4 Å². The van der Waals surface area contributed by atoms with Crippen molar-refractivity contribution in [2.45, 2.75) is 26.5 Å². The summed E-state index contributed by atoms with van der Waals surface area (Å²) in [6.07, 6.45) is 2.78. The first-order chi connectivity index (χ1) is 19.0. The highest BCUT2D eigenvalue weighted by atomic mass is 35.5. The number of likely N-dealkylation sites (N-methyl/N-ethyl adjacent to an activating group) is 1. The van der Waals surface area contributed by atoms with Crippen molar-refractivity contribution in [3.8, 4) is 11.5 Å². The standard InChI is InChI=1S/C23H26N2O2.C7H7Cl.2CH2O/c1-25(15-13-21-10-6-7-14-24-21)17-20-11-12-22(23(16-20)26-2)27-18-19-8-4-3-5-9-19;1-6-4-2-3-5-7(6)8;2*1-2/h3-12,14,16H,13,15,17-18H2,1-2H3;2-5H,1H3;2*1H2. The maximum atomic E-state index is 8.00. The normalized spacial score (nSPS) is 9.56. The summed E-state index contributed by atoms with van der Waals surface area (Å²) in [5.41, 5.74) is 4.58. The number of hydrogen-bond acceptors (Lipinski definition) is 6. The smallest absolute Gasteiger partial charge is 0.161 e. The topological polar surface area (TPSA) is 68.7 Å². The van der Waals surface area contributed by atoms with E-state index in [-0.39, 0.29) is 0 Å². The number of aryl methyl sites for hydroxylation is 1. The first-order valence-electron chi connectivity index (χ1n) is 12.3. The van der Waals surface area contributed by atoms with Gasteiger partial charge in [-0.3, -0.25) is 4.98 Å². The summed E-state index contributed by atoms with van der Waals surface area (Å²) in [6.45, 7) is 8.32. The number of rotatable bonds is 9. The molecule has 6 nitrogen and oxygen atoms in total. The van der Waals surface area contributed by atoms with Gasteiger partial charge in [-0.05, 0) is 61.0 Å². The minimum atomic E-state index is 0.528. The lowest BCUT2D eigenvalue weighted by Crippen LogP contribution is -2.21. The van der Waals surface area contributed by atoms with Crippen LogP contribution in [0.1, 0.15) is 22.4 Å². The molecule has 0 N–H and O–H groups in total. The molecule has 0 atom stereocenters. The van der Waals surface area contributed by atoms with Crippen molar-refractivity contribution in [2.75, 3.05) is 20.7 Å². The summed E-state index contributed by atoms with van der Waals surface area (Å²) < 4.78 is 11.5. The zero-order valence-corrected chi connectivity index (χ0v) is 23.6. The highest BCUT2D eigenvalue weighted by molar-refractivity contribution is 6.31. The fourth-order valence-corrected chi connectivity index (χ4v) is 3.59. The van der Waals surface area contributed by atoms with Gasteiger partial charge in [-0.15, -0.1) is 0 Å². The number of carbonyl (C=O) groups excluding carboxylic acids is 2. The maximum Gasteiger partial charge on any atom is 0.161 e. The Kier molecular flexibility index (Phi) is 17.0. The molecule has 0 bridgehead atoms. The lowest BCUT2D eigenvalue weighted by molar-refractivity contribution is -0.0987. The van der Waals surface area contributed by atoms with Crippen molar-refractivity contribution in [3.63, 3.8) is 0 Å². The van der Waals surface area contributed by atoms with Crippen molar-refractivity contribution in [1.29, 1.82) is 0 Å². The highest BCUT2D eigenvalue weighted by Crippen LogP contribution is 2.29. The molecule has 3 aromatic carbocycles. The van der Waals surface area contributed by atoms with E-state index in [1.165, 1.54) is 5.56 Å². The Morgan fingerprint density at radius 1 is 0.821 bits per heavy atom. The molecule has 0 aliphatic heterocycles. The molecule has 0 saturated carbocycles. The molecule has 0 saturated heterocycles. The molecule has 0 fully saturated rings. The van der Waals surface area contributed by atoms with Gasteiger partial charge < -0.3 is 24.0 Å². The quantitative estimate of drug-likeness (QED) is 0.234. The Hall–Kier alpha value is -4.00. The van der Waals surface area contributed by atoms with Crippen LogP contribution in [0.25, 0.3) is 0 Å². The van der Waals surface area contributed by atoms with E-state index in [1.807, 2.05) is 87.4 Å². The summed E-state index contributed by atoms with van der Waals surface area (Å²) in [5, 5.41) is 0.840. The summed E-state index contributed by atoms with van der Waals surface area (Å²) in [5.74, 6) is 1.53. The fourth-order valence-electron chi connectivity index (χ4n) is 3.46. The number of benzene rings is 3. The number of aromatic nitrogens is 1. The second-order valence-corrected chi connectivity index (χ2v) is 8.72.